The fourth-order valence-electron chi connectivity index (χ4n) is 1.89. The summed E-state index contributed by atoms with van der Waals surface area (Å²) < 4.78 is 13.9. The molecule has 2 aromatic rings. The highest BCUT2D eigenvalue weighted by molar-refractivity contribution is 7.09. The normalized spacial score (nSPS) is 10.4. The summed E-state index contributed by atoms with van der Waals surface area (Å²) in [5.41, 5.74) is 3.24. The van der Waals surface area contributed by atoms with E-state index in [2.05, 4.69) is 15.6 Å². The second-order valence-corrected chi connectivity index (χ2v) is 5.57. The zero-order valence-corrected chi connectivity index (χ0v) is 12.9. The molecule has 1 aromatic heterocycles. The maximum atomic E-state index is 13.9. The number of hydrogen-bond acceptors (Lipinski definition) is 4. The lowest BCUT2D eigenvalue weighted by atomic mass is 10.1. The lowest BCUT2D eigenvalue weighted by molar-refractivity contribution is 0.0951. The number of hydrogen-bond donors (Lipinski definition) is 2. The lowest BCUT2D eigenvalue weighted by Gasteiger charge is -2.12. The van der Waals surface area contributed by atoms with Crippen LogP contribution in [0, 0.1) is 12.7 Å². The van der Waals surface area contributed by atoms with Crippen molar-refractivity contribution in [3.05, 3.63) is 45.7 Å². The predicted molar refractivity (Wildman–Crippen MR) is 83.2 cm³/mol. The molecule has 4 nitrogen and oxygen atoms in total. The number of anilines is 1. The molecule has 0 aliphatic carbocycles. The van der Waals surface area contributed by atoms with Crippen LogP contribution < -0.4 is 10.6 Å². The molecule has 2 N–H and O–H groups in total. The van der Waals surface area contributed by atoms with Crippen molar-refractivity contribution in [2.45, 2.75) is 26.8 Å². The molecule has 0 atom stereocenters. The van der Waals surface area contributed by atoms with E-state index < -0.39 is 5.82 Å². The summed E-state index contributed by atoms with van der Waals surface area (Å²) in [6.45, 7) is 4.91. The Hall–Kier alpha value is -1.95. The first kappa shape index (κ1) is 15.4. The number of carbonyl (C=O) groups is 1. The van der Waals surface area contributed by atoms with E-state index in [9.17, 15) is 9.18 Å². The van der Waals surface area contributed by atoms with Gasteiger partial charge >= 0.3 is 0 Å². The molecule has 0 unspecified atom stereocenters. The molecule has 1 amide bonds. The van der Waals surface area contributed by atoms with Gasteiger partial charge in [-0.25, -0.2) is 9.37 Å². The number of aromatic nitrogens is 1. The van der Waals surface area contributed by atoms with E-state index >= 15 is 0 Å². The fraction of sp³-hybridized carbons (Fsp3) is 0.333. The Bertz CT molecular complexity index is 627. The van der Waals surface area contributed by atoms with E-state index in [4.69, 9.17) is 0 Å². The van der Waals surface area contributed by atoms with Crippen LogP contribution in [0.1, 0.15) is 34.3 Å². The number of aryl methyl sites for hydroxylation is 1. The van der Waals surface area contributed by atoms with Crippen molar-refractivity contribution in [2.75, 3.05) is 11.9 Å². The average Bonchev–Trinajstić information content (AvgIpc) is 2.88. The van der Waals surface area contributed by atoms with Gasteiger partial charge in [0.1, 0.15) is 5.82 Å². The minimum atomic E-state index is -0.412. The fourth-order valence-corrected chi connectivity index (χ4v) is 2.61. The first-order valence-electron chi connectivity index (χ1n) is 6.83. The van der Waals surface area contributed by atoms with E-state index in [1.807, 2.05) is 13.8 Å². The maximum Gasteiger partial charge on any atom is 0.253 e. The van der Waals surface area contributed by atoms with E-state index in [1.165, 1.54) is 17.4 Å². The molecule has 0 aliphatic rings. The van der Waals surface area contributed by atoms with Crippen LogP contribution in [0.5, 0.6) is 0 Å². The Morgan fingerprint density at radius 3 is 2.90 bits per heavy atom. The minimum absolute atomic E-state index is 0.262. The molecular weight excluding hydrogens is 289 g/mol. The van der Waals surface area contributed by atoms with E-state index in [0.717, 1.165) is 17.0 Å². The zero-order chi connectivity index (χ0) is 15.2. The molecule has 0 saturated carbocycles. The SMILES string of the molecule is CCCNc1c(F)cccc1C(=O)NCc1scnc1C. The summed E-state index contributed by atoms with van der Waals surface area (Å²) in [7, 11) is 0. The Kier molecular flexibility index (Phi) is 5.27. The summed E-state index contributed by atoms with van der Waals surface area (Å²) in [6.07, 6.45) is 0.857. The Morgan fingerprint density at radius 2 is 2.24 bits per heavy atom. The first-order valence-corrected chi connectivity index (χ1v) is 7.71. The molecule has 2 rings (SSSR count). The summed E-state index contributed by atoms with van der Waals surface area (Å²) in [5, 5.41) is 5.78. The van der Waals surface area contributed by atoms with Crippen LogP contribution >= 0.6 is 11.3 Å². The van der Waals surface area contributed by atoms with Crippen LogP contribution in [0.2, 0.25) is 0 Å². The van der Waals surface area contributed by atoms with Gasteiger partial charge in [0.2, 0.25) is 0 Å². The number of carbonyl (C=O) groups excluding carboxylic acids is 1. The van der Waals surface area contributed by atoms with Crippen molar-refractivity contribution in [3.63, 3.8) is 0 Å². The van der Waals surface area contributed by atoms with Crippen molar-refractivity contribution in [1.29, 1.82) is 0 Å². The number of nitrogens with one attached hydrogen (secondary N) is 2. The minimum Gasteiger partial charge on any atom is -0.382 e. The predicted octanol–water partition coefficient (Wildman–Crippen LogP) is 3.34. The molecule has 0 saturated heterocycles. The molecule has 0 radical (unpaired) electrons. The highest BCUT2D eigenvalue weighted by atomic mass is 32.1. The molecule has 0 fully saturated rings. The maximum absolute atomic E-state index is 13.9. The van der Waals surface area contributed by atoms with Gasteiger partial charge in [-0.1, -0.05) is 13.0 Å². The third-order valence-corrected chi connectivity index (χ3v) is 4.00. The highest BCUT2D eigenvalue weighted by Gasteiger charge is 2.15. The van der Waals surface area contributed by atoms with Gasteiger partial charge in [0, 0.05) is 11.4 Å². The van der Waals surface area contributed by atoms with Crippen molar-refractivity contribution in [1.82, 2.24) is 10.3 Å². The second-order valence-electron chi connectivity index (χ2n) is 4.63. The Morgan fingerprint density at radius 1 is 1.43 bits per heavy atom. The van der Waals surface area contributed by atoms with E-state index in [0.29, 0.717) is 18.7 Å². The van der Waals surface area contributed by atoms with Gasteiger partial charge in [-0.15, -0.1) is 11.3 Å². The van der Waals surface area contributed by atoms with Crippen LogP contribution in [0.15, 0.2) is 23.7 Å². The van der Waals surface area contributed by atoms with Gasteiger partial charge in [0.25, 0.3) is 5.91 Å². The van der Waals surface area contributed by atoms with Gasteiger partial charge in [-0.05, 0) is 25.5 Å². The van der Waals surface area contributed by atoms with Crippen LogP contribution in [0.3, 0.4) is 0 Å². The van der Waals surface area contributed by atoms with Crippen molar-refractivity contribution >= 4 is 22.9 Å². The monoisotopic (exact) mass is 307 g/mol. The molecule has 21 heavy (non-hydrogen) atoms. The molecule has 1 heterocycles. The van der Waals surface area contributed by atoms with Crippen LogP contribution in [-0.2, 0) is 6.54 Å². The Balaban J connectivity index is 2.11. The van der Waals surface area contributed by atoms with Crippen molar-refractivity contribution in [3.8, 4) is 0 Å². The molecule has 0 aliphatic heterocycles. The number of benzene rings is 1. The van der Waals surface area contributed by atoms with Gasteiger partial charge in [-0.2, -0.15) is 0 Å². The molecule has 0 bridgehead atoms. The number of rotatable bonds is 6. The van der Waals surface area contributed by atoms with Gasteiger partial charge in [0.05, 0.1) is 29.0 Å². The van der Waals surface area contributed by atoms with Gasteiger partial charge < -0.3 is 10.6 Å². The second kappa shape index (κ2) is 7.17. The quantitative estimate of drug-likeness (QED) is 0.860. The first-order chi connectivity index (χ1) is 10.1. The summed E-state index contributed by atoms with van der Waals surface area (Å²) in [5.74, 6) is -0.703. The van der Waals surface area contributed by atoms with Crippen molar-refractivity contribution in [2.24, 2.45) is 0 Å². The average molecular weight is 307 g/mol. The third-order valence-electron chi connectivity index (χ3n) is 3.06. The molecule has 6 heteroatoms. The number of thiazole rings is 1. The summed E-state index contributed by atoms with van der Waals surface area (Å²) in [6, 6.07) is 4.51. The number of amides is 1. The summed E-state index contributed by atoms with van der Waals surface area (Å²) >= 11 is 1.49. The lowest BCUT2D eigenvalue weighted by Crippen LogP contribution is -2.24. The third kappa shape index (κ3) is 3.78. The number of halogens is 1. The standard InChI is InChI=1S/C15H18FN3OS/c1-3-7-17-14-11(5-4-6-12(14)16)15(20)18-8-13-10(2)19-9-21-13/h4-6,9,17H,3,7-8H2,1-2H3,(H,18,20). The molecule has 0 spiro atoms. The number of nitrogens with zero attached hydrogens (tertiary/aromatic N) is 1. The van der Waals surface area contributed by atoms with Gasteiger partial charge in [-0.3, -0.25) is 4.79 Å². The molecule has 112 valence electrons. The highest BCUT2D eigenvalue weighted by Crippen LogP contribution is 2.20. The van der Waals surface area contributed by atoms with Crippen LogP contribution in [-0.4, -0.2) is 17.4 Å². The van der Waals surface area contributed by atoms with Crippen LogP contribution in [0.25, 0.3) is 0 Å². The summed E-state index contributed by atoms with van der Waals surface area (Å²) in [4.78, 5) is 17.4. The molecule has 1 aromatic carbocycles. The largest absolute Gasteiger partial charge is 0.382 e. The van der Waals surface area contributed by atoms with Gasteiger partial charge in [0.15, 0.2) is 0 Å². The topological polar surface area (TPSA) is 54.0 Å². The van der Waals surface area contributed by atoms with E-state index in [1.54, 1.807) is 17.6 Å². The van der Waals surface area contributed by atoms with Crippen molar-refractivity contribution < 1.29 is 9.18 Å². The smallest absolute Gasteiger partial charge is 0.253 e. The molecular formula is C15H18FN3OS. The zero-order valence-electron chi connectivity index (χ0n) is 12.1. The Labute approximate surface area is 127 Å². The van der Waals surface area contributed by atoms with E-state index in [-0.39, 0.29) is 11.6 Å². The number of para-hydroxylation sites is 1. The van der Waals surface area contributed by atoms with Crippen LogP contribution in [0.4, 0.5) is 10.1 Å².